The number of benzene rings is 1. The Balaban J connectivity index is 3.60. The number of hydrogen-bond donors (Lipinski definition) is 1. The van der Waals surface area contributed by atoms with Crippen LogP contribution >= 0.6 is 0 Å². The number of ether oxygens (including phenoxy) is 3. The van der Waals surface area contributed by atoms with Crippen molar-refractivity contribution in [1.29, 1.82) is 0 Å². The minimum atomic E-state index is -2.83. The van der Waals surface area contributed by atoms with Gasteiger partial charge in [-0.25, -0.2) is 19.8 Å². The first-order valence-corrected chi connectivity index (χ1v) is 10.9. The van der Waals surface area contributed by atoms with Gasteiger partial charge in [-0.2, -0.15) is 0 Å². The summed E-state index contributed by atoms with van der Waals surface area (Å²) in [6.07, 6.45) is -3.72. The molecule has 0 aromatic heterocycles. The van der Waals surface area contributed by atoms with Crippen LogP contribution in [0, 0.1) is 10.1 Å². The molecule has 1 aromatic carbocycles. The summed E-state index contributed by atoms with van der Waals surface area (Å²) in [6.45, 7) is 12.4. The number of hydrogen-bond acceptors (Lipinski definition) is 8. The predicted octanol–water partition coefficient (Wildman–Crippen LogP) is 4.22. The lowest BCUT2D eigenvalue weighted by atomic mass is 9.99. The number of carbonyl (C=O) groups is 3. The monoisotopic (exact) mass is 481 g/mol. The number of carbonyl (C=O) groups excluding carboxylic acids is 3. The molecule has 0 bridgehead atoms. The number of nitrogens with zero attached hydrogens (tertiary/aromatic N) is 2. The van der Waals surface area contributed by atoms with Gasteiger partial charge in [0.1, 0.15) is 11.2 Å². The van der Waals surface area contributed by atoms with E-state index < -0.39 is 52.5 Å². The van der Waals surface area contributed by atoms with Crippen LogP contribution in [0.1, 0.15) is 67.4 Å². The van der Waals surface area contributed by atoms with Gasteiger partial charge in [0, 0.05) is 0 Å². The lowest BCUT2D eigenvalue weighted by Gasteiger charge is -2.35. The van der Waals surface area contributed by atoms with Gasteiger partial charge < -0.3 is 14.2 Å². The summed E-state index contributed by atoms with van der Waals surface area (Å²) in [5, 5.41) is 12.8. The van der Waals surface area contributed by atoms with Crippen molar-refractivity contribution >= 4 is 18.2 Å². The molecule has 0 radical (unpaired) electrons. The Morgan fingerprint density at radius 3 is 1.97 bits per heavy atom. The van der Waals surface area contributed by atoms with Crippen LogP contribution in [-0.2, 0) is 25.4 Å². The van der Waals surface area contributed by atoms with E-state index >= 15 is 0 Å². The van der Waals surface area contributed by atoms with Gasteiger partial charge in [-0.1, -0.05) is 30.3 Å². The number of amides is 2. The fraction of sp³-hybridized carbons (Fsp3) is 0.609. The molecule has 0 aliphatic heterocycles. The zero-order chi connectivity index (χ0) is 26.3. The van der Waals surface area contributed by atoms with E-state index in [0.717, 1.165) is 0 Å². The van der Waals surface area contributed by atoms with E-state index in [2.05, 4.69) is 5.43 Å². The lowest BCUT2D eigenvalue weighted by Crippen LogP contribution is -2.69. The Morgan fingerprint density at radius 2 is 1.53 bits per heavy atom. The van der Waals surface area contributed by atoms with E-state index in [4.69, 9.17) is 14.2 Å². The molecule has 0 aliphatic rings. The lowest BCUT2D eigenvalue weighted by molar-refractivity contribution is -0.585. The molecule has 0 aliphatic carbocycles. The van der Waals surface area contributed by atoms with E-state index in [9.17, 15) is 24.5 Å². The molecule has 11 nitrogen and oxygen atoms in total. The second-order valence-corrected chi connectivity index (χ2v) is 9.94. The number of nitrogens with one attached hydrogen (secondary N) is 1. The van der Waals surface area contributed by atoms with Crippen molar-refractivity contribution in [3.05, 3.63) is 46.0 Å². The highest BCUT2D eigenvalue weighted by Crippen LogP contribution is 2.27. The van der Waals surface area contributed by atoms with Crippen molar-refractivity contribution in [3.8, 4) is 0 Å². The Hall–Kier alpha value is -3.37. The van der Waals surface area contributed by atoms with Gasteiger partial charge in [-0.15, -0.1) is 5.01 Å². The summed E-state index contributed by atoms with van der Waals surface area (Å²) < 4.78 is 15.7. The molecule has 11 heteroatoms. The largest absolute Gasteiger partial charge is 0.456 e. The topological polar surface area (TPSA) is 137 Å². The number of rotatable bonds is 7. The molecule has 190 valence electrons. The zero-order valence-corrected chi connectivity index (χ0v) is 21.0. The van der Waals surface area contributed by atoms with Crippen LogP contribution in [-0.4, -0.2) is 51.1 Å². The Bertz CT molecular complexity index is 874. The summed E-state index contributed by atoms with van der Waals surface area (Å²) >= 11 is 0. The smallest absolute Gasteiger partial charge is 0.435 e. The molecular formula is C23H35N3O8. The van der Waals surface area contributed by atoms with Crippen molar-refractivity contribution in [2.75, 3.05) is 0 Å². The van der Waals surface area contributed by atoms with Gasteiger partial charge in [-0.3, -0.25) is 10.1 Å². The fourth-order valence-corrected chi connectivity index (χ4v) is 2.81. The van der Waals surface area contributed by atoms with E-state index in [0.29, 0.717) is 5.56 Å². The van der Waals surface area contributed by atoms with Gasteiger partial charge in [0.2, 0.25) is 0 Å². The normalized spacial score (nSPS) is 13.4. The molecule has 0 spiro atoms. The van der Waals surface area contributed by atoms with Gasteiger partial charge in [0.25, 0.3) is 0 Å². The number of esters is 1. The highest BCUT2D eigenvalue weighted by Gasteiger charge is 2.62. The molecule has 0 heterocycles. The average molecular weight is 482 g/mol. The molecule has 1 unspecified atom stereocenters. The van der Waals surface area contributed by atoms with Gasteiger partial charge in [0.05, 0.1) is 17.4 Å². The Kier molecular flexibility index (Phi) is 9.42. The van der Waals surface area contributed by atoms with E-state index in [1.807, 2.05) is 0 Å². The predicted molar refractivity (Wildman–Crippen MR) is 123 cm³/mol. The van der Waals surface area contributed by atoms with Crippen LogP contribution in [0.25, 0.3) is 0 Å². The molecule has 1 N–H and O–H groups in total. The number of hydrazine groups is 1. The zero-order valence-electron chi connectivity index (χ0n) is 21.0. The molecule has 2 amide bonds. The van der Waals surface area contributed by atoms with Crippen LogP contribution in [0.4, 0.5) is 9.59 Å². The minimum absolute atomic E-state index is 0.0182. The summed E-state index contributed by atoms with van der Waals surface area (Å²) in [5.74, 6) is -1.33. The molecular weight excluding hydrogens is 446 g/mol. The summed E-state index contributed by atoms with van der Waals surface area (Å²) in [4.78, 5) is 50.5. The third-order valence-corrected chi connectivity index (χ3v) is 4.12. The number of aryl methyl sites for hydroxylation is 1. The van der Waals surface area contributed by atoms with Gasteiger partial charge in [0.15, 0.2) is 0 Å². The highest BCUT2D eigenvalue weighted by molar-refractivity contribution is 5.85. The average Bonchev–Trinajstić information content (AvgIpc) is 2.64. The maximum absolute atomic E-state index is 13.2. The SMILES string of the molecule is CC(C)OC(=O)C(CCc1ccccc1)(N(NC(=O)OC(C)(C)C)C(=O)OC(C)(C)C)[N+](=O)[O-]. The first-order valence-electron chi connectivity index (χ1n) is 10.9. The molecule has 1 rings (SSSR count). The highest BCUT2D eigenvalue weighted by atomic mass is 16.7. The second kappa shape index (κ2) is 11.2. The van der Waals surface area contributed by atoms with Crippen LogP contribution in [0.15, 0.2) is 30.3 Å². The third-order valence-electron chi connectivity index (χ3n) is 4.12. The molecule has 0 saturated carbocycles. The first kappa shape index (κ1) is 28.7. The molecule has 1 aromatic rings. The van der Waals surface area contributed by atoms with Crippen LogP contribution < -0.4 is 5.43 Å². The van der Waals surface area contributed by atoms with Crippen molar-refractivity contribution in [3.63, 3.8) is 0 Å². The summed E-state index contributed by atoms with van der Waals surface area (Å²) in [7, 11) is 0. The van der Waals surface area contributed by atoms with E-state index in [-0.39, 0.29) is 11.4 Å². The molecule has 0 fully saturated rings. The first-order chi connectivity index (χ1) is 15.5. The molecule has 0 saturated heterocycles. The fourth-order valence-electron chi connectivity index (χ4n) is 2.81. The summed E-state index contributed by atoms with van der Waals surface area (Å²) in [5.41, 5.74) is -2.17. The Morgan fingerprint density at radius 1 is 1.00 bits per heavy atom. The van der Waals surface area contributed by atoms with Crippen LogP contribution in [0.5, 0.6) is 0 Å². The summed E-state index contributed by atoms with van der Waals surface area (Å²) in [6, 6.07) is 8.68. The quantitative estimate of drug-likeness (QED) is 0.201. The maximum atomic E-state index is 13.2. The standard InChI is InChI=1S/C23H35N3O8/c1-16(2)32-18(27)23(26(30)31,15-14-17-12-10-9-11-13-17)25(20(29)34-22(6,7)8)24-19(28)33-21(3,4)5/h9-13,16H,14-15H2,1-8H3,(H,24,28). The van der Waals surface area contributed by atoms with Crippen molar-refractivity contribution < 1.29 is 33.5 Å². The molecule has 1 atom stereocenters. The van der Waals surface area contributed by atoms with Crippen LogP contribution in [0.2, 0.25) is 0 Å². The number of nitro groups is 1. The molecule has 34 heavy (non-hydrogen) atoms. The maximum Gasteiger partial charge on any atom is 0.435 e. The van der Waals surface area contributed by atoms with Crippen molar-refractivity contribution in [2.24, 2.45) is 0 Å². The van der Waals surface area contributed by atoms with Crippen molar-refractivity contribution in [2.45, 2.75) is 91.2 Å². The second-order valence-electron chi connectivity index (χ2n) is 9.94. The Labute approximate surface area is 199 Å². The van der Waals surface area contributed by atoms with Crippen LogP contribution in [0.3, 0.4) is 0 Å². The van der Waals surface area contributed by atoms with Gasteiger partial charge in [-0.05, 0) is 67.4 Å². The third kappa shape index (κ3) is 8.53. The van der Waals surface area contributed by atoms with Crippen molar-refractivity contribution in [1.82, 2.24) is 10.4 Å². The van der Waals surface area contributed by atoms with Gasteiger partial charge >= 0.3 is 23.8 Å². The van der Waals surface area contributed by atoms with E-state index in [1.165, 1.54) is 13.8 Å². The minimum Gasteiger partial charge on any atom is -0.456 e. The van der Waals surface area contributed by atoms with E-state index in [1.54, 1.807) is 71.9 Å².